The van der Waals surface area contributed by atoms with Gasteiger partial charge in [-0.25, -0.2) is 9.78 Å². The van der Waals surface area contributed by atoms with Crippen LogP contribution in [0.4, 0.5) is 0 Å². The van der Waals surface area contributed by atoms with Gasteiger partial charge in [0.2, 0.25) is 0 Å². The Labute approximate surface area is 89.3 Å². The summed E-state index contributed by atoms with van der Waals surface area (Å²) < 4.78 is 0. The maximum atomic E-state index is 10.6. The molecular weight excluding hydrogens is 220 g/mol. The van der Waals surface area contributed by atoms with Crippen LogP contribution in [-0.4, -0.2) is 26.2 Å². The summed E-state index contributed by atoms with van der Waals surface area (Å²) in [7, 11) is 0. The topological polar surface area (TPSA) is 86.2 Å². The van der Waals surface area contributed by atoms with E-state index in [1.807, 2.05) is 0 Å². The molecule has 3 N–H and O–H groups in total. The van der Waals surface area contributed by atoms with Crippen LogP contribution in [0.15, 0.2) is 18.5 Å². The molecule has 0 fully saturated rings. The molecule has 0 saturated carbocycles. The largest absolute Gasteiger partial charge is 0.479 e. The smallest absolute Gasteiger partial charge is 0.337 e. The van der Waals surface area contributed by atoms with Crippen molar-refractivity contribution in [2.24, 2.45) is 0 Å². The van der Waals surface area contributed by atoms with Gasteiger partial charge in [0.05, 0.1) is 17.4 Å². The van der Waals surface area contributed by atoms with Gasteiger partial charge in [0, 0.05) is 10.6 Å². The quantitative estimate of drug-likeness (QED) is 0.721. The number of carboxylic acids is 1. The van der Waals surface area contributed by atoms with Crippen LogP contribution in [0.1, 0.15) is 11.7 Å². The molecule has 2 aromatic rings. The molecule has 78 valence electrons. The van der Waals surface area contributed by atoms with Crippen LogP contribution >= 0.6 is 11.6 Å². The molecule has 0 amide bonds. The Hall–Kier alpha value is -1.59. The number of carboxylic acid groups (broad SMARTS) is 1. The van der Waals surface area contributed by atoms with E-state index in [-0.39, 0.29) is 5.56 Å². The number of aliphatic carboxylic acids is 1. The van der Waals surface area contributed by atoms with Crippen molar-refractivity contribution < 1.29 is 15.0 Å². The number of hydrogen-bond donors (Lipinski definition) is 3. The highest BCUT2D eigenvalue weighted by atomic mass is 35.5. The van der Waals surface area contributed by atoms with Crippen molar-refractivity contribution in [3.63, 3.8) is 0 Å². The van der Waals surface area contributed by atoms with Crippen molar-refractivity contribution in [1.29, 1.82) is 0 Å². The van der Waals surface area contributed by atoms with Gasteiger partial charge in [-0.1, -0.05) is 11.6 Å². The summed E-state index contributed by atoms with van der Waals surface area (Å²) in [4.78, 5) is 17.4. The van der Waals surface area contributed by atoms with Crippen LogP contribution in [0.2, 0.25) is 5.02 Å². The Morgan fingerprint density at radius 3 is 2.93 bits per heavy atom. The monoisotopic (exact) mass is 226 g/mol. The Morgan fingerprint density at radius 2 is 2.27 bits per heavy atom. The van der Waals surface area contributed by atoms with Crippen LogP contribution in [0.3, 0.4) is 0 Å². The summed E-state index contributed by atoms with van der Waals surface area (Å²) in [5.41, 5.74) is 1.19. The lowest BCUT2D eigenvalue weighted by Gasteiger charge is -2.06. The number of H-pyrrole nitrogens is 1. The predicted molar refractivity (Wildman–Crippen MR) is 53.7 cm³/mol. The Kier molecular flexibility index (Phi) is 2.34. The number of carbonyl (C=O) groups is 1. The number of fused-ring (bicyclic) bond motifs is 1. The molecule has 5 nitrogen and oxygen atoms in total. The number of aromatic amines is 1. The van der Waals surface area contributed by atoms with Crippen molar-refractivity contribution in [2.45, 2.75) is 6.10 Å². The average Bonchev–Trinajstić information content (AvgIpc) is 2.62. The number of rotatable bonds is 2. The number of nitrogens with zero attached hydrogens (tertiary/aromatic N) is 1. The molecule has 0 bridgehead atoms. The van der Waals surface area contributed by atoms with Crippen LogP contribution in [0, 0.1) is 0 Å². The number of aliphatic hydroxyl groups excluding tert-OH is 1. The summed E-state index contributed by atoms with van der Waals surface area (Å²) in [5, 5.41) is 18.5. The van der Waals surface area contributed by atoms with E-state index in [0.29, 0.717) is 16.1 Å². The molecule has 1 atom stereocenters. The Bertz CT molecular complexity index is 523. The number of benzene rings is 1. The van der Waals surface area contributed by atoms with E-state index in [0.717, 1.165) is 0 Å². The molecule has 6 heteroatoms. The lowest BCUT2D eigenvalue weighted by molar-refractivity contribution is -0.146. The van der Waals surface area contributed by atoms with Crippen LogP contribution in [-0.2, 0) is 4.79 Å². The van der Waals surface area contributed by atoms with E-state index in [4.69, 9.17) is 16.7 Å². The minimum absolute atomic E-state index is 0.186. The van der Waals surface area contributed by atoms with E-state index < -0.39 is 12.1 Å². The second-order valence-electron chi connectivity index (χ2n) is 3.03. The minimum atomic E-state index is -1.62. The highest BCUT2D eigenvalue weighted by Gasteiger charge is 2.20. The van der Waals surface area contributed by atoms with Crippen LogP contribution in [0.5, 0.6) is 0 Å². The highest BCUT2D eigenvalue weighted by molar-refractivity contribution is 6.31. The molecule has 1 heterocycles. The van der Waals surface area contributed by atoms with Gasteiger partial charge in [0.15, 0.2) is 6.10 Å². The van der Waals surface area contributed by atoms with Crippen molar-refractivity contribution in [3.8, 4) is 0 Å². The number of imidazole rings is 1. The molecular formula is C9H7ClN2O3. The summed E-state index contributed by atoms with van der Waals surface area (Å²) in [6.45, 7) is 0. The van der Waals surface area contributed by atoms with Gasteiger partial charge in [-0.2, -0.15) is 0 Å². The lowest BCUT2D eigenvalue weighted by atomic mass is 10.1. The second kappa shape index (κ2) is 3.52. The van der Waals surface area contributed by atoms with Gasteiger partial charge >= 0.3 is 5.97 Å². The van der Waals surface area contributed by atoms with Gasteiger partial charge in [-0.15, -0.1) is 0 Å². The summed E-state index contributed by atoms with van der Waals surface area (Å²) in [6.07, 6.45) is -0.200. The van der Waals surface area contributed by atoms with Crippen molar-refractivity contribution in [2.75, 3.05) is 0 Å². The molecule has 1 aromatic carbocycles. The third-order valence-corrected chi connectivity index (χ3v) is 2.26. The fraction of sp³-hybridized carbons (Fsp3) is 0.111. The SMILES string of the molecule is O=C(O)C(O)c1cc(Cl)cc2[nH]cnc12. The van der Waals surface area contributed by atoms with E-state index in [1.54, 1.807) is 6.07 Å². The minimum Gasteiger partial charge on any atom is -0.479 e. The van der Waals surface area contributed by atoms with Gasteiger partial charge < -0.3 is 15.2 Å². The molecule has 2 rings (SSSR count). The molecule has 0 spiro atoms. The zero-order chi connectivity index (χ0) is 11.0. The fourth-order valence-corrected chi connectivity index (χ4v) is 1.61. The van der Waals surface area contributed by atoms with Gasteiger partial charge in [0.25, 0.3) is 0 Å². The molecule has 0 saturated heterocycles. The maximum absolute atomic E-state index is 10.6. The number of aromatic nitrogens is 2. The zero-order valence-electron chi connectivity index (χ0n) is 7.44. The molecule has 0 radical (unpaired) electrons. The first-order valence-corrected chi connectivity index (χ1v) is 4.51. The first kappa shape index (κ1) is 9.95. The molecule has 0 aliphatic heterocycles. The van der Waals surface area contributed by atoms with Crippen LogP contribution in [0.25, 0.3) is 11.0 Å². The summed E-state index contributed by atoms with van der Waals surface area (Å²) in [6, 6.07) is 3.01. The first-order chi connectivity index (χ1) is 7.09. The van der Waals surface area contributed by atoms with E-state index in [9.17, 15) is 9.90 Å². The number of aliphatic hydroxyl groups is 1. The highest BCUT2D eigenvalue weighted by Crippen LogP contribution is 2.26. The third kappa shape index (κ3) is 1.67. The van der Waals surface area contributed by atoms with E-state index in [1.165, 1.54) is 12.4 Å². The molecule has 1 aromatic heterocycles. The predicted octanol–water partition coefficient (Wildman–Crippen LogP) is 1.33. The van der Waals surface area contributed by atoms with Crippen molar-refractivity contribution in [1.82, 2.24) is 9.97 Å². The maximum Gasteiger partial charge on any atom is 0.337 e. The standard InChI is InChI=1S/C9H7ClN2O3/c10-4-1-5(8(13)9(14)15)7-6(2-4)11-3-12-7/h1-3,8,13H,(H,11,12)(H,14,15). The Morgan fingerprint density at radius 1 is 1.53 bits per heavy atom. The van der Waals surface area contributed by atoms with Gasteiger partial charge in [0.1, 0.15) is 0 Å². The fourth-order valence-electron chi connectivity index (χ4n) is 1.38. The average molecular weight is 227 g/mol. The number of hydrogen-bond acceptors (Lipinski definition) is 3. The van der Waals surface area contributed by atoms with E-state index >= 15 is 0 Å². The third-order valence-electron chi connectivity index (χ3n) is 2.05. The number of halogens is 1. The normalized spacial score (nSPS) is 12.9. The van der Waals surface area contributed by atoms with Crippen molar-refractivity contribution >= 4 is 28.6 Å². The molecule has 0 aliphatic carbocycles. The number of nitrogens with one attached hydrogen (secondary N) is 1. The lowest BCUT2D eigenvalue weighted by Crippen LogP contribution is -2.10. The Balaban J connectivity index is 2.67. The molecule has 15 heavy (non-hydrogen) atoms. The van der Waals surface area contributed by atoms with E-state index in [2.05, 4.69) is 9.97 Å². The zero-order valence-corrected chi connectivity index (χ0v) is 8.19. The summed E-state index contributed by atoms with van der Waals surface area (Å²) in [5.74, 6) is -1.33. The second-order valence-corrected chi connectivity index (χ2v) is 3.47. The molecule has 0 aliphatic rings. The van der Waals surface area contributed by atoms with Crippen LogP contribution < -0.4 is 0 Å². The van der Waals surface area contributed by atoms with Gasteiger partial charge in [-0.05, 0) is 12.1 Å². The van der Waals surface area contributed by atoms with Gasteiger partial charge in [-0.3, -0.25) is 0 Å². The summed E-state index contributed by atoms with van der Waals surface area (Å²) >= 11 is 5.78. The first-order valence-electron chi connectivity index (χ1n) is 4.13. The van der Waals surface area contributed by atoms with Crippen molar-refractivity contribution in [3.05, 3.63) is 29.0 Å². The molecule has 1 unspecified atom stereocenters.